The van der Waals surface area contributed by atoms with Crippen LogP contribution in [0.25, 0.3) is 0 Å². The highest BCUT2D eigenvalue weighted by molar-refractivity contribution is 9.09. The summed E-state index contributed by atoms with van der Waals surface area (Å²) >= 11 is 3.96. The average molecular weight is 305 g/mol. The summed E-state index contributed by atoms with van der Waals surface area (Å²) in [4.78, 5) is 0.723. The molecule has 0 N–H and O–H groups in total. The molecular weight excluding hydrogens is 272 g/mol. The van der Waals surface area contributed by atoms with Gasteiger partial charge in [-0.2, -0.15) is 0 Å². The lowest BCUT2D eigenvalue weighted by Gasteiger charge is -2.36. The molecule has 0 saturated heterocycles. The molecule has 1 unspecified atom stereocenters. The maximum Gasteiger partial charge on any atom is 0.0201 e. The molecule has 0 spiro atoms. The maximum atomic E-state index is 3.96. The number of hydrogen-bond acceptors (Lipinski definition) is 0. The zero-order valence-electron chi connectivity index (χ0n) is 12.5. The van der Waals surface area contributed by atoms with Crippen molar-refractivity contribution in [2.45, 2.75) is 96.7 Å². The van der Waals surface area contributed by atoms with Crippen molar-refractivity contribution in [1.82, 2.24) is 0 Å². The van der Waals surface area contributed by atoms with E-state index in [-0.39, 0.29) is 0 Å². The molecule has 17 heavy (non-hydrogen) atoms. The Morgan fingerprint density at radius 3 is 1.71 bits per heavy atom. The molecule has 0 aromatic rings. The molecule has 0 fully saturated rings. The number of alkyl halides is 1. The van der Waals surface area contributed by atoms with E-state index in [1.54, 1.807) is 0 Å². The van der Waals surface area contributed by atoms with Crippen molar-refractivity contribution in [2.75, 3.05) is 0 Å². The summed E-state index contributed by atoms with van der Waals surface area (Å²) in [5.74, 6) is 0. The Balaban J connectivity index is 3.79. The summed E-state index contributed by atoms with van der Waals surface area (Å²) in [6.07, 6.45) is 13.8. The first kappa shape index (κ1) is 17.5. The predicted octanol–water partition coefficient (Wildman–Crippen LogP) is 6.72. The van der Waals surface area contributed by atoms with Crippen molar-refractivity contribution in [3.63, 3.8) is 0 Å². The van der Waals surface area contributed by atoms with E-state index in [4.69, 9.17) is 0 Å². The zero-order valence-corrected chi connectivity index (χ0v) is 14.1. The Kier molecular flexibility index (Phi) is 10.7. The summed E-state index contributed by atoms with van der Waals surface area (Å²) in [6.45, 7) is 9.33. The number of halogens is 1. The van der Waals surface area contributed by atoms with Crippen LogP contribution in [-0.4, -0.2) is 4.83 Å². The van der Waals surface area contributed by atoms with Gasteiger partial charge in [0.15, 0.2) is 0 Å². The number of rotatable bonds is 11. The van der Waals surface area contributed by atoms with Gasteiger partial charge in [-0.25, -0.2) is 0 Å². The maximum absolute atomic E-state index is 3.96. The van der Waals surface area contributed by atoms with Crippen molar-refractivity contribution in [3.8, 4) is 0 Å². The largest absolute Gasteiger partial charge is 0.0885 e. The molecule has 0 aliphatic carbocycles. The summed E-state index contributed by atoms with van der Waals surface area (Å²) in [6, 6.07) is 0. The molecule has 0 saturated carbocycles. The van der Waals surface area contributed by atoms with Crippen LogP contribution in [0.3, 0.4) is 0 Å². The third kappa shape index (κ3) is 6.27. The van der Waals surface area contributed by atoms with Crippen LogP contribution in [0.2, 0.25) is 0 Å². The van der Waals surface area contributed by atoms with Gasteiger partial charge in [0, 0.05) is 4.83 Å². The highest BCUT2D eigenvalue weighted by Gasteiger charge is 2.31. The molecule has 1 atom stereocenters. The highest BCUT2D eigenvalue weighted by atomic mass is 79.9. The summed E-state index contributed by atoms with van der Waals surface area (Å²) in [7, 11) is 0. The van der Waals surface area contributed by atoms with Crippen LogP contribution in [0.4, 0.5) is 0 Å². The third-order valence-electron chi connectivity index (χ3n) is 4.59. The van der Waals surface area contributed by atoms with Crippen molar-refractivity contribution in [1.29, 1.82) is 0 Å². The van der Waals surface area contributed by atoms with Gasteiger partial charge in [0.05, 0.1) is 0 Å². The quantitative estimate of drug-likeness (QED) is 0.294. The second kappa shape index (κ2) is 10.4. The molecule has 0 heterocycles. The molecule has 104 valence electrons. The standard InChI is InChI=1S/C16H33Br/c1-5-9-10-11-12-13-14-15(17)16(6-2,7-3)8-4/h15H,5-14H2,1-4H3. The third-order valence-corrected chi connectivity index (χ3v) is 6.02. The molecule has 0 aliphatic heterocycles. The molecule has 0 radical (unpaired) electrons. The first-order valence-corrected chi connectivity index (χ1v) is 8.72. The van der Waals surface area contributed by atoms with E-state index >= 15 is 0 Å². The molecule has 0 bridgehead atoms. The lowest BCUT2D eigenvalue weighted by atomic mass is 9.75. The predicted molar refractivity (Wildman–Crippen MR) is 84.0 cm³/mol. The lowest BCUT2D eigenvalue weighted by molar-refractivity contribution is 0.234. The minimum atomic E-state index is 0.545. The van der Waals surface area contributed by atoms with Crippen LogP contribution in [0.1, 0.15) is 91.9 Å². The van der Waals surface area contributed by atoms with Gasteiger partial charge < -0.3 is 0 Å². The van der Waals surface area contributed by atoms with E-state index in [2.05, 4.69) is 43.6 Å². The fraction of sp³-hybridized carbons (Fsp3) is 1.00. The number of hydrogen-bond donors (Lipinski definition) is 0. The Labute approximate surface area is 118 Å². The molecule has 1 heteroatoms. The van der Waals surface area contributed by atoms with Crippen LogP contribution in [0, 0.1) is 5.41 Å². The van der Waals surface area contributed by atoms with E-state index < -0.39 is 0 Å². The van der Waals surface area contributed by atoms with Crippen molar-refractivity contribution < 1.29 is 0 Å². The minimum Gasteiger partial charge on any atom is -0.0885 e. The molecule has 0 amide bonds. The van der Waals surface area contributed by atoms with Gasteiger partial charge in [-0.1, -0.05) is 82.1 Å². The molecule has 0 aliphatic rings. The Bertz CT molecular complexity index is 153. The van der Waals surface area contributed by atoms with Gasteiger partial charge in [-0.15, -0.1) is 0 Å². The van der Waals surface area contributed by atoms with Gasteiger partial charge in [0.1, 0.15) is 0 Å². The topological polar surface area (TPSA) is 0 Å². The van der Waals surface area contributed by atoms with Gasteiger partial charge in [0.2, 0.25) is 0 Å². The van der Waals surface area contributed by atoms with Crippen LogP contribution in [0.5, 0.6) is 0 Å². The van der Waals surface area contributed by atoms with Gasteiger partial charge in [0.25, 0.3) is 0 Å². The molecular formula is C16H33Br. The second-order valence-electron chi connectivity index (χ2n) is 5.45. The van der Waals surface area contributed by atoms with Crippen LogP contribution in [-0.2, 0) is 0 Å². The van der Waals surface area contributed by atoms with E-state index in [9.17, 15) is 0 Å². The first-order valence-electron chi connectivity index (χ1n) is 7.80. The van der Waals surface area contributed by atoms with E-state index in [0.717, 1.165) is 4.83 Å². The summed E-state index contributed by atoms with van der Waals surface area (Å²) in [5.41, 5.74) is 0.545. The summed E-state index contributed by atoms with van der Waals surface area (Å²) in [5, 5.41) is 0. The van der Waals surface area contributed by atoms with Crippen LogP contribution in [0.15, 0.2) is 0 Å². The van der Waals surface area contributed by atoms with Gasteiger partial charge in [-0.3, -0.25) is 0 Å². The fourth-order valence-corrected chi connectivity index (χ4v) is 4.12. The fourth-order valence-electron chi connectivity index (χ4n) is 2.82. The highest BCUT2D eigenvalue weighted by Crippen LogP contribution is 2.40. The van der Waals surface area contributed by atoms with Gasteiger partial charge in [-0.05, 0) is 31.1 Å². The minimum absolute atomic E-state index is 0.545. The van der Waals surface area contributed by atoms with E-state index in [1.165, 1.54) is 64.2 Å². The average Bonchev–Trinajstić information content (AvgIpc) is 2.36. The zero-order chi connectivity index (χ0) is 13.1. The molecule has 0 nitrogen and oxygen atoms in total. The Morgan fingerprint density at radius 1 is 0.765 bits per heavy atom. The monoisotopic (exact) mass is 304 g/mol. The van der Waals surface area contributed by atoms with E-state index in [0.29, 0.717) is 5.41 Å². The lowest BCUT2D eigenvalue weighted by Crippen LogP contribution is -2.29. The normalized spacial score (nSPS) is 13.9. The van der Waals surface area contributed by atoms with Crippen molar-refractivity contribution in [2.24, 2.45) is 5.41 Å². The van der Waals surface area contributed by atoms with Gasteiger partial charge >= 0.3 is 0 Å². The van der Waals surface area contributed by atoms with Crippen LogP contribution >= 0.6 is 15.9 Å². The summed E-state index contributed by atoms with van der Waals surface area (Å²) < 4.78 is 0. The Morgan fingerprint density at radius 2 is 1.24 bits per heavy atom. The molecule has 0 aromatic heterocycles. The SMILES string of the molecule is CCCCCCCCC(Br)C(CC)(CC)CC. The van der Waals surface area contributed by atoms with Crippen molar-refractivity contribution in [3.05, 3.63) is 0 Å². The smallest absolute Gasteiger partial charge is 0.0201 e. The first-order chi connectivity index (χ1) is 8.16. The second-order valence-corrected chi connectivity index (χ2v) is 6.55. The molecule has 0 rings (SSSR count). The molecule has 0 aromatic carbocycles. The number of unbranched alkanes of at least 4 members (excludes halogenated alkanes) is 5. The Hall–Kier alpha value is 0.480. The van der Waals surface area contributed by atoms with E-state index in [1.807, 2.05) is 0 Å². The van der Waals surface area contributed by atoms with Crippen molar-refractivity contribution >= 4 is 15.9 Å². The van der Waals surface area contributed by atoms with Crippen LogP contribution < -0.4 is 0 Å².